The number of carbonyl (C=O) groups excluding carboxylic acids is 2. The number of amides is 1. The summed E-state index contributed by atoms with van der Waals surface area (Å²) in [6.45, 7) is 5.63. The third-order valence-electron chi connectivity index (χ3n) is 8.10. The summed E-state index contributed by atoms with van der Waals surface area (Å²) >= 11 is 1.27. The Labute approximate surface area is 250 Å². The van der Waals surface area contributed by atoms with Crippen molar-refractivity contribution in [3.05, 3.63) is 90.7 Å². The van der Waals surface area contributed by atoms with Gasteiger partial charge in [0.15, 0.2) is 16.3 Å². The molecule has 0 saturated carbocycles. The number of esters is 1. The minimum absolute atomic E-state index is 0.0925. The molecular weight excluding hydrogens is 568 g/mol. The Morgan fingerprint density at radius 3 is 2.72 bits per heavy atom. The summed E-state index contributed by atoms with van der Waals surface area (Å²) in [6, 6.07) is 12.5. The first-order valence-corrected chi connectivity index (χ1v) is 15.2. The zero-order valence-corrected chi connectivity index (χ0v) is 24.7. The molecule has 1 atom stereocenters. The van der Waals surface area contributed by atoms with Gasteiger partial charge in [0, 0.05) is 35.8 Å². The molecule has 4 aromatic rings. The monoisotopic (exact) mass is 598 g/mol. The summed E-state index contributed by atoms with van der Waals surface area (Å²) in [5, 5.41) is 0.943. The first-order valence-electron chi connectivity index (χ1n) is 14.4. The Kier molecular flexibility index (Phi) is 6.89. The van der Waals surface area contributed by atoms with Crippen LogP contribution in [0.4, 0.5) is 0 Å². The minimum Gasteiger partial charge on any atom is -0.463 e. The molecule has 2 aromatic heterocycles. The van der Waals surface area contributed by atoms with Crippen LogP contribution in [0.15, 0.2) is 69.7 Å². The lowest BCUT2D eigenvalue weighted by molar-refractivity contribution is -0.139. The van der Waals surface area contributed by atoms with Crippen molar-refractivity contribution in [2.75, 3.05) is 26.5 Å². The fraction of sp³-hybridized carbons (Fsp3) is 0.312. The van der Waals surface area contributed by atoms with E-state index in [1.807, 2.05) is 52.1 Å². The zero-order valence-electron chi connectivity index (χ0n) is 23.9. The van der Waals surface area contributed by atoms with E-state index in [9.17, 15) is 14.4 Å². The summed E-state index contributed by atoms with van der Waals surface area (Å²) in [5.74, 6) is 0.726. The predicted octanol–water partition coefficient (Wildman–Crippen LogP) is 3.10. The van der Waals surface area contributed by atoms with Gasteiger partial charge in [-0.1, -0.05) is 35.6 Å². The van der Waals surface area contributed by atoms with E-state index in [0.29, 0.717) is 37.7 Å². The molecule has 7 rings (SSSR count). The quantitative estimate of drug-likeness (QED) is 0.316. The second kappa shape index (κ2) is 10.9. The number of ether oxygens (including phenoxy) is 3. The van der Waals surface area contributed by atoms with Crippen LogP contribution in [-0.2, 0) is 20.9 Å². The van der Waals surface area contributed by atoms with Gasteiger partial charge in [-0.05, 0) is 56.5 Å². The van der Waals surface area contributed by atoms with E-state index >= 15 is 0 Å². The van der Waals surface area contributed by atoms with Gasteiger partial charge in [-0.15, -0.1) is 0 Å². The Morgan fingerprint density at radius 2 is 1.91 bits per heavy atom. The SMILES string of the molecule is CCOC(=O)C1=C(C)N=c2s/c(=C/c3cn(CC(=O)N4CCCC4)c4ccccc34)c(=O)n2[C@H]1c1ccc2c(c1)OCO2. The molecule has 0 N–H and O–H groups in total. The number of para-hydroxylation sites is 1. The number of likely N-dealkylation sites (tertiary alicyclic amines) is 1. The molecule has 3 aliphatic heterocycles. The normalized spacial score (nSPS) is 17.9. The zero-order chi connectivity index (χ0) is 29.7. The number of thiazole rings is 1. The summed E-state index contributed by atoms with van der Waals surface area (Å²) in [7, 11) is 0. The molecule has 10 nitrogen and oxygen atoms in total. The number of hydrogen-bond acceptors (Lipinski definition) is 8. The molecule has 0 bridgehead atoms. The number of fused-ring (bicyclic) bond motifs is 3. The molecule has 0 radical (unpaired) electrons. The molecule has 1 fully saturated rings. The van der Waals surface area contributed by atoms with Crippen LogP contribution in [0.3, 0.4) is 0 Å². The van der Waals surface area contributed by atoms with E-state index in [-0.39, 0.29) is 31.4 Å². The van der Waals surface area contributed by atoms with Gasteiger partial charge in [-0.2, -0.15) is 0 Å². The number of rotatable bonds is 6. The van der Waals surface area contributed by atoms with Crippen molar-refractivity contribution in [1.29, 1.82) is 0 Å². The second-order valence-electron chi connectivity index (χ2n) is 10.7. The lowest BCUT2D eigenvalue weighted by Crippen LogP contribution is -2.39. The molecule has 1 saturated heterocycles. The van der Waals surface area contributed by atoms with Crippen molar-refractivity contribution >= 4 is 40.2 Å². The number of carbonyl (C=O) groups is 2. The van der Waals surface area contributed by atoms with Crippen LogP contribution in [0, 0.1) is 0 Å². The van der Waals surface area contributed by atoms with Crippen LogP contribution in [0.5, 0.6) is 11.5 Å². The van der Waals surface area contributed by atoms with Crippen LogP contribution < -0.4 is 24.4 Å². The van der Waals surface area contributed by atoms with Crippen molar-refractivity contribution in [2.24, 2.45) is 4.99 Å². The van der Waals surface area contributed by atoms with E-state index in [4.69, 9.17) is 14.2 Å². The fourth-order valence-corrected chi connectivity index (χ4v) is 7.10. The highest BCUT2D eigenvalue weighted by Gasteiger charge is 2.34. The molecule has 220 valence electrons. The topological polar surface area (TPSA) is 104 Å². The molecular formula is C32H30N4O6S. The Morgan fingerprint density at radius 1 is 1.12 bits per heavy atom. The standard InChI is InChI=1S/C32H30N4O6S/c1-3-40-31(39)28-19(2)33-32-36(29(28)20-10-11-24-25(14-20)42-18-41-24)30(38)26(43-32)15-21-16-35(23-9-5-4-8-22(21)23)17-27(37)34-12-6-7-13-34/h4-5,8-11,14-16,29H,3,6-7,12-13,17-18H2,1-2H3/b26-15+/t29-/m0/s1. The maximum atomic E-state index is 14.1. The first-order chi connectivity index (χ1) is 20.9. The van der Waals surface area contributed by atoms with Crippen molar-refractivity contribution in [1.82, 2.24) is 14.0 Å². The van der Waals surface area contributed by atoms with Crippen molar-refractivity contribution in [2.45, 2.75) is 39.3 Å². The summed E-state index contributed by atoms with van der Waals surface area (Å²) in [6.07, 6.45) is 5.86. The molecule has 2 aromatic carbocycles. The maximum absolute atomic E-state index is 14.1. The molecule has 43 heavy (non-hydrogen) atoms. The summed E-state index contributed by atoms with van der Waals surface area (Å²) < 4.78 is 20.5. The van der Waals surface area contributed by atoms with Gasteiger partial charge in [0.1, 0.15) is 6.54 Å². The lowest BCUT2D eigenvalue weighted by atomic mass is 9.95. The van der Waals surface area contributed by atoms with Gasteiger partial charge in [0.05, 0.1) is 28.5 Å². The molecule has 11 heteroatoms. The smallest absolute Gasteiger partial charge is 0.338 e. The third-order valence-corrected chi connectivity index (χ3v) is 9.08. The fourth-order valence-electron chi connectivity index (χ4n) is 6.06. The summed E-state index contributed by atoms with van der Waals surface area (Å²) in [4.78, 5) is 47.4. The number of allylic oxidation sites excluding steroid dienone is 1. The molecule has 0 unspecified atom stereocenters. The van der Waals surface area contributed by atoms with Crippen LogP contribution in [0.1, 0.15) is 43.9 Å². The highest BCUT2D eigenvalue weighted by molar-refractivity contribution is 7.07. The Bertz CT molecular complexity index is 2000. The highest BCUT2D eigenvalue weighted by Crippen LogP contribution is 2.38. The first kappa shape index (κ1) is 27.2. The molecule has 5 heterocycles. The maximum Gasteiger partial charge on any atom is 0.338 e. The largest absolute Gasteiger partial charge is 0.463 e. The Balaban J connectivity index is 1.35. The lowest BCUT2D eigenvalue weighted by Gasteiger charge is -2.24. The predicted molar refractivity (Wildman–Crippen MR) is 161 cm³/mol. The van der Waals surface area contributed by atoms with Crippen LogP contribution in [0.25, 0.3) is 17.0 Å². The van der Waals surface area contributed by atoms with E-state index < -0.39 is 12.0 Å². The molecule has 0 aliphatic carbocycles. The van der Waals surface area contributed by atoms with Gasteiger partial charge < -0.3 is 23.7 Å². The Hall–Kier alpha value is -4.64. The molecule has 0 spiro atoms. The molecule has 1 amide bonds. The number of nitrogens with zero attached hydrogens (tertiary/aromatic N) is 4. The van der Waals surface area contributed by atoms with Crippen molar-refractivity contribution in [3.8, 4) is 11.5 Å². The van der Waals surface area contributed by atoms with Crippen LogP contribution in [-0.4, -0.2) is 52.4 Å². The van der Waals surface area contributed by atoms with Crippen molar-refractivity contribution in [3.63, 3.8) is 0 Å². The second-order valence-corrected chi connectivity index (χ2v) is 11.7. The van der Waals surface area contributed by atoms with E-state index in [1.165, 1.54) is 11.3 Å². The van der Waals surface area contributed by atoms with E-state index in [1.54, 1.807) is 30.5 Å². The van der Waals surface area contributed by atoms with Gasteiger partial charge in [-0.3, -0.25) is 14.2 Å². The van der Waals surface area contributed by atoms with Gasteiger partial charge >= 0.3 is 5.97 Å². The van der Waals surface area contributed by atoms with E-state index in [0.717, 1.165) is 42.4 Å². The molecule has 3 aliphatic rings. The third kappa shape index (κ3) is 4.73. The van der Waals surface area contributed by atoms with Gasteiger partial charge in [0.25, 0.3) is 5.56 Å². The van der Waals surface area contributed by atoms with Gasteiger partial charge in [-0.25, -0.2) is 9.79 Å². The van der Waals surface area contributed by atoms with Gasteiger partial charge in [0.2, 0.25) is 12.7 Å². The average molecular weight is 599 g/mol. The number of hydrogen-bond donors (Lipinski definition) is 0. The highest BCUT2D eigenvalue weighted by atomic mass is 32.1. The van der Waals surface area contributed by atoms with Crippen LogP contribution in [0.2, 0.25) is 0 Å². The van der Waals surface area contributed by atoms with Crippen LogP contribution >= 0.6 is 11.3 Å². The number of benzene rings is 2. The number of aromatic nitrogens is 2. The average Bonchev–Trinajstić information content (AvgIpc) is 3.80. The van der Waals surface area contributed by atoms with E-state index in [2.05, 4.69) is 4.99 Å². The minimum atomic E-state index is -0.758. The summed E-state index contributed by atoms with van der Waals surface area (Å²) in [5.41, 5.74) is 2.96. The van der Waals surface area contributed by atoms with Crippen molar-refractivity contribution < 1.29 is 23.8 Å².